The number of rotatable bonds is 2. The van der Waals surface area contributed by atoms with E-state index in [0.29, 0.717) is 6.20 Å². The van der Waals surface area contributed by atoms with Crippen molar-refractivity contribution in [1.29, 1.82) is 0 Å². The molecule has 0 aliphatic carbocycles. The van der Waals surface area contributed by atoms with Gasteiger partial charge in [-0.15, -0.1) is 0 Å². The first-order valence-electron chi connectivity index (χ1n) is 3.77. The van der Waals surface area contributed by atoms with E-state index in [1.807, 2.05) is 0 Å². The van der Waals surface area contributed by atoms with E-state index in [4.69, 9.17) is 10.2 Å². The van der Waals surface area contributed by atoms with E-state index in [1.165, 1.54) is 0 Å². The van der Waals surface area contributed by atoms with Crippen LogP contribution in [0.3, 0.4) is 0 Å². The molecular formula is C8H6F3NO3. The van der Waals surface area contributed by atoms with Gasteiger partial charge in [0.05, 0.1) is 18.2 Å². The van der Waals surface area contributed by atoms with Gasteiger partial charge in [-0.1, -0.05) is 0 Å². The van der Waals surface area contributed by atoms with Crippen LogP contribution in [0.2, 0.25) is 0 Å². The topological polar surface area (TPSA) is 70.4 Å². The molecule has 7 heteroatoms. The largest absolute Gasteiger partial charge is 0.506 e. The van der Waals surface area contributed by atoms with E-state index in [0.717, 1.165) is 6.20 Å². The molecule has 0 radical (unpaired) electrons. The van der Waals surface area contributed by atoms with Crippen LogP contribution in [0.1, 0.15) is 11.1 Å². The quantitative estimate of drug-likeness (QED) is 0.792. The Labute approximate surface area is 82.0 Å². The van der Waals surface area contributed by atoms with E-state index in [1.54, 1.807) is 0 Å². The molecule has 82 valence electrons. The Morgan fingerprint density at radius 2 is 2.00 bits per heavy atom. The van der Waals surface area contributed by atoms with Crippen LogP contribution >= 0.6 is 0 Å². The summed E-state index contributed by atoms with van der Waals surface area (Å²) in [7, 11) is 0. The van der Waals surface area contributed by atoms with Crippen molar-refractivity contribution in [2.24, 2.45) is 0 Å². The van der Waals surface area contributed by atoms with Gasteiger partial charge in [-0.05, 0) is 0 Å². The number of alkyl halides is 3. The van der Waals surface area contributed by atoms with Crippen molar-refractivity contribution in [3.8, 4) is 5.75 Å². The first-order valence-corrected chi connectivity index (χ1v) is 3.77. The van der Waals surface area contributed by atoms with E-state index < -0.39 is 35.4 Å². The molecule has 0 saturated carbocycles. The van der Waals surface area contributed by atoms with Crippen LogP contribution in [0.5, 0.6) is 5.75 Å². The minimum Gasteiger partial charge on any atom is -0.506 e. The van der Waals surface area contributed by atoms with Gasteiger partial charge in [-0.25, -0.2) is 0 Å². The normalized spacial score (nSPS) is 11.4. The van der Waals surface area contributed by atoms with Crippen molar-refractivity contribution in [2.75, 3.05) is 0 Å². The molecule has 1 aromatic heterocycles. The number of carboxylic acids is 1. The first kappa shape index (κ1) is 11.3. The van der Waals surface area contributed by atoms with Crippen LogP contribution in [0.4, 0.5) is 13.2 Å². The number of aromatic hydroxyl groups is 1. The highest BCUT2D eigenvalue weighted by molar-refractivity contribution is 5.72. The molecule has 0 aliphatic heterocycles. The predicted octanol–water partition coefficient (Wildman–Crippen LogP) is 1.43. The molecule has 15 heavy (non-hydrogen) atoms. The molecule has 2 N–H and O–H groups in total. The van der Waals surface area contributed by atoms with Gasteiger partial charge in [0.1, 0.15) is 5.75 Å². The molecule has 0 fully saturated rings. The van der Waals surface area contributed by atoms with Gasteiger partial charge in [0, 0.05) is 11.8 Å². The summed E-state index contributed by atoms with van der Waals surface area (Å²) in [5.41, 5.74) is -1.91. The maximum atomic E-state index is 12.3. The first-order chi connectivity index (χ1) is 6.82. The fourth-order valence-electron chi connectivity index (χ4n) is 1.06. The SMILES string of the molecule is O=C(O)Cc1c(O)cncc1C(F)(F)F. The Kier molecular flexibility index (Phi) is 2.83. The molecule has 0 bridgehead atoms. The lowest BCUT2D eigenvalue weighted by Crippen LogP contribution is -2.13. The lowest BCUT2D eigenvalue weighted by molar-refractivity contribution is -0.140. The fraction of sp³-hybridized carbons (Fsp3) is 0.250. The lowest BCUT2D eigenvalue weighted by Gasteiger charge is -2.11. The van der Waals surface area contributed by atoms with Gasteiger partial charge in [-0.2, -0.15) is 13.2 Å². The molecule has 1 rings (SSSR count). The van der Waals surface area contributed by atoms with Gasteiger partial charge in [0.2, 0.25) is 0 Å². The minimum absolute atomic E-state index is 0.484. The van der Waals surface area contributed by atoms with Crippen molar-refractivity contribution >= 4 is 5.97 Å². The van der Waals surface area contributed by atoms with Crippen molar-refractivity contribution in [1.82, 2.24) is 4.98 Å². The van der Waals surface area contributed by atoms with Gasteiger partial charge < -0.3 is 10.2 Å². The summed E-state index contributed by atoms with van der Waals surface area (Å²) in [4.78, 5) is 13.5. The number of aliphatic carboxylic acids is 1. The highest BCUT2D eigenvalue weighted by atomic mass is 19.4. The number of carbonyl (C=O) groups is 1. The second kappa shape index (κ2) is 3.76. The number of pyridine rings is 1. The molecule has 0 amide bonds. The lowest BCUT2D eigenvalue weighted by atomic mass is 10.1. The highest BCUT2D eigenvalue weighted by Crippen LogP contribution is 2.34. The summed E-state index contributed by atoms with van der Waals surface area (Å²) in [6, 6.07) is 0. The Bertz CT molecular complexity index is 389. The zero-order chi connectivity index (χ0) is 11.6. The monoisotopic (exact) mass is 221 g/mol. The predicted molar refractivity (Wildman–Crippen MR) is 42.2 cm³/mol. The summed E-state index contributed by atoms with van der Waals surface area (Å²) >= 11 is 0. The van der Waals surface area contributed by atoms with Crippen molar-refractivity contribution in [3.05, 3.63) is 23.5 Å². The Hall–Kier alpha value is -1.79. The van der Waals surface area contributed by atoms with Crippen LogP contribution in [0.25, 0.3) is 0 Å². The molecule has 1 aromatic rings. The highest BCUT2D eigenvalue weighted by Gasteiger charge is 2.35. The Morgan fingerprint density at radius 3 is 2.47 bits per heavy atom. The molecular weight excluding hydrogens is 215 g/mol. The van der Waals surface area contributed by atoms with E-state index >= 15 is 0 Å². The number of halogens is 3. The summed E-state index contributed by atoms with van der Waals surface area (Å²) in [5.74, 6) is -2.23. The second-order valence-electron chi connectivity index (χ2n) is 2.75. The maximum absolute atomic E-state index is 12.3. The van der Waals surface area contributed by atoms with E-state index in [-0.39, 0.29) is 0 Å². The minimum atomic E-state index is -4.73. The zero-order valence-corrected chi connectivity index (χ0v) is 7.25. The van der Waals surface area contributed by atoms with Crippen molar-refractivity contribution in [2.45, 2.75) is 12.6 Å². The van der Waals surface area contributed by atoms with Crippen LogP contribution in [-0.4, -0.2) is 21.2 Å². The molecule has 1 heterocycles. The molecule has 0 spiro atoms. The van der Waals surface area contributed by atoms with Crippen LogP contribution < -0.4 is 0 Å². The molecule has 0 atom stereocenters. The summed E-state index contributed by atoms with van der Waals surface area (Å²) in [6.45, 7) is 0. The summed E-state index contributed by atoms with van der Waals surface area (Å²) < 4.78 is 37.0. The number of carboxylic acid groups (broad SMARTS) is 1. The van der Waals surface area contributed by atoms with E-state index in [9.17, 15) is 18.0 Å². The van der Waals surface area contributed by atoms with Crippen LogP contribution in [0.15, 0.2) is 12.4 Å². The average molecular weight is 221 g/mol. The second-order valence-corrected chi connectivity index (χ2v) is 2.75. The fourth-order valence-corrected chi connectivity index (χ4v) is 1.06. The van der Waals surface area contributed by atoms with Crippen LogP contribution in [-0.2, 0) is 17.4 Å². The van der Waals surface area contributed by atoms with Gasteiger partial charge in [0.25, 0.3) is 0 Å². The third-order valence-corrected chi connectivity index (χ3v) is 1.67. The Balaban J connectivity index is 3.26. The van der Waals surface area contributed by atoms with Gasteiger partial charge in [0.15, 0.2) is 0 Å². The standard InChI is InChI=1S/C8H6F3NO3/c9-8(10,11)5-2-12-3-6(13)4(5)1-7(14)15/h2-3,13H,1H2,(H,14,15). The zero-order valence-electron chi connectivity index (χ0n) is 7.25. The summed E-state index contributed by atoms with van der Waals surface area (Å²) in [6.07, 6.45) is -4.37. The Morgan fingerprint density at radius 1 is 1.40 bits per heavy atom. The van der Waals surface area contributed by atoms with Gasteiger partial charge >= 0.3 is 12.1 Å². The molecule has 0 aliphatic rings. The summed E-state index contributed by atoms with van der Waals surface area (Å²) in [5, 5.41) is 17.5. The van der Waals surface area contributed by atoms with Crippen LogP contribution in [0, 0.1) is 0 Å². The molecule has 0 aromatic carbocycles. The molecule has 0 unspecified atom stereocenters. The number of hydrogen-bond acceptors (Lipinski definition) is 3. The smallest absolute Gasteiger partial charge is 0.418 e. The number of aromatic nitrogens is 1. The van der Waals surface area contributed by atoms with Crippen molar-refractivity contribution < 1.29 is 28.2 Å². The third-order valence-electron chi connectivity index (χ3n) is 1.67. The maximum Gasteiger partial charge on any atom is 0.418 e. The van der Waals surface area contributed by atoms with Gasteiger partial charge in [-0.3, -0.25) is 9.78 Å². The third kappa shape index (κ3) is 2.58. The molecule has 0 saturated heterocycles. The van der Waals surface area contributed by atoms with E-state index in [2.05, 4.69) is 4.98 Å². The average Bonchev–Trinajstić information content (AvgIpc) is 2.05. The number of hydrogen-bond donors (Lipinski definition) is 2. The van der Waals surface area contributed by atoms with Crippen molar-refractivity contribution in [3.63, 3.8) is 0 Å². The molecule has 4 nitrogen and oxygen atoms in total. The number of nitrogens with zero attached hydrogens (tertiary/aromatic N) is 1.